The van der Waals surface area contributed by atoms with E-state index >= 15 is 0 Å². The van der Waals surface area contributed by atoms with Crippen LogP contribution >= 0.6 is 22.6 Å². The van der Waals surface area contributed by atoms with Crippen molar-refractivity contribution in [2.45, 2.75) is 18.9 Å². The number of piperidine rings is 1. The standard InChI is InChI=1S/C9H13IN4/c10-7-5-12-9(13-6-7)14-3-1-8(11)2-4-14/h5-6,8H,1-4,11H2. The van der Waals surface area contributed by atoms with Crippen molar-refractivity contribution in [3.8, 4) is 0 Å². The Bertz CT molecular complexity index is 292. The monoisotopic (exact) mass is 304 g/mol. The van der Waals surface area contributed by atoms with Crippen LogP contribution in [-0.2, 0) is 0 Å². The van der Waals surface area contributed by atoms with Gasteiger partial charge in [-0.15, -0.1) is 0 Å². The zero-order valence-electron chi connectivity index (χ0n) is 7.86. The molecule has 0 radical (unpaired) electrons. The molecule has 5 heteroatoms. The summed E-state index contributed by atoms with van der Waals surface area (Å²) in [5, 5.41) is 0. The second kappa shape index (κ2) is 4.39. The van der Waals surface area contributed by atoms with E-state index in [0.717, 1.165) is 35.4 Å². The molecule has 2 heterocycles. The van der Waals surface area contributed by atoms with Crippen molar-refractivity contribution in [1.82, 2.24) is 9.97 Å². The highest BCUT2D eigenvalue weighted by molar-refractivity contribution is 14.1. The fourth-order valence-corrected chi connectivity index (χ4v) is 1.85. The lowest BCUT2D eigenvalue weighted by Crippen LogP contribution is -2.40. The van der Waals surface area contributed by atoms with Crippen molar-refractivity contribution in [3.05, 3.63) is 16.0 Å². The smallest absolute Gasteiger partial charge is 0.225 e. The van der Waals surface area contributed by atoms with Crippen molar-refractivity contribution < 1.29 is 0 Å². The highest BCUT2D eigenvalue weighted by Crippen LogP contribution is 2.14. The average Bonchev–Trinajstić information content (AvgIpc) is 2.21. The van der Waals surface area contributed by atoms with E-state index in [9.17, 15) is 0 Å². The molecule has 0 atom stereocenters. The van der Waals surface area contributed by atoms with E-state index in [2.05, 4.69) is 37.5 Å². The molecular weight excluding hydrogens is 291 g/mol. The predicted octanol–water partition coefficient (Wildman–Crippen LogP) is 1.01. The number of halogens is 1. The van der Waals surface area contributed by atoms with Crippen LogP contribution in [-0.4, -0.2) is 29.1 Å². The molecule has 0 amide bonds. The molecule has 0 spiro atoms. The van der Waals surface area contributed by atoms with Crippen molar-refractivity contribution in [2.75, 3.05) is 18.0 Å². The van der Waals surface area contributed by atoms with Crippen molar-refractivity contribution in [3.63, 3.8) is 0 Å². The Labute approximate surface area is 97.1 Å². The van der Waals surface area contributed by atoms with E-state index in [0.29, 0.717) is 6.04 Å². The molecule has 14 heavy (non-hydrogen) atoms. The number of aromatic nitrogens is 2. The second-order valence-electron chi connectivity index (χ2n) is 3.53. The number of hydrogen-bond acceptors (Lipinski definition) is 4. The first-order valence-corrected chi connectivity index (χ1v) is 5.81. The Morgan fingerprint density at radius 3 is 2.43 bits per heavy atom. The van der Waals surface area contributed by atoms with E-state index in [4.69, 9.17) is 5.73 Å². The Kier molecular flexibility index (Phi) is 3.17. The molecule has 0 unspecified atom stereocenters. The highest BCUT2D eigenvalue weighted by atomic mass is 127. The van der Waals surface area contributed by atoms with Crippen LogP contribution < -0.4 is 10.6 Å². The fraction of sp³-hybridized carbons (Fsp3) is 0.556. The van der Waals surface area contributed by atoms with Crippen LogP contribution in [0.25, 0.3) is 0 Å². The van der Waals surface area contributed by atoms with Gasteiger partial charge in [-0.05, 0) is 35.4 Å². The molecule has 0 bridgehead atoms. The van der Waals surface area contributed by atoms with E-state index in [-0.39, 0.29) is 0 Å². The minimum absolute atomic E-state index is 0.357. The van der Waals surface area contributed by atoms with Crippen molar-refractivity contribution >= 4 is 28.5 Å². The zero-order valence-corrected chi connectivity index (χ0v) is 10.0. The summed E-state index contributed by atoms with van der Waals surface area (Å²) in [4.78, 5) is 10.8. The van der Waals surface area contributed by atoms with Crippen LogP contribution in [0.1, 0.15) is 12.8 Å². The average molecular weight is 304 g/mol. The third kappa shape index (κ3) is 2.33. The van der Waals surface area contributed by atoms with E-state index in [1.807, 2.05) is 12.4 Å². The summed E-state index contributed by atoms with van der Waals surface area (Å²) in [5.74, 6) is 0.831. The first kappa shape index (κ1) is 10.1. The van der Waals surface area contributed by atoms with Gasteiger partial charge in [-0.25, -0.2) is 9.97 Å². The summed E-state index contributed by atoms with van der Waals surface area (Å²) < 4.78 is 1.07. The summed E-state index contributed by atoms with van der Waals surface area (Å²) in [7, 11) is 0. The number of nitrogens with two attached hydrogens (primary N) is 1. The first-order valence-electron chi connectivity index (χ1n) is 4.74. The summed E-state index contributed by atoms with van der Waals surface area (Å²) in [6.45, 7) is 1.95. The molecule has 1 aromatic rings. The Morgan fingerprint density at radius 1 is 1.29 bits per heavy atom. The minimum Gasteiger partial charge on any atom is -0.341 e. The van der Waals surface area contributed by atoms with Crippen LogP contribution in [0.2, 0.25) is 0 Å². The maximum atomic E-state index is 5.83. The van der Waals surface area contributed by atoms with Crippen LogP contribution in [0.15, 0.2) is 12.4 Å². The maximum Gasteiger partial charge on any atom is 0.225 e. The topological polar surface area (TPSA) is 55.0 Å². The molecule has 1 aliphatic heterocycles. The molecule has 4 nitrogen and oxygen atoms in total. The second-order valence-corrected chi connectivity index (χ2v) is 4.77. The molecule has 0 saturated carbocycles. The molecule has 0 aromatic carbocycles. The summed E-state index contributed by atoms with van der Waals surface area (Å²) in [6, 6.07) is 0.357. The largest absolute Gasteiger partial charge is 0.341 e. The van der Waals surface area contributed by atoms with Crippen molar-refractivity contribution in [2.24, 2.45) is 5.73 Å². The summed E-state index contributed by atoms with van der Waals surface area (Å²) >= 11 is 2.21. The number of hydrogen-bond donors (Lipinski definition) is 1. The van der Waals surface area contributed by atoms with Crippen LogP contribution in [0.4, 0.5) is 5.95 Å². The number of nitrogens with zero attached hydrogens (tertiary/aromatic N) is 3. The maximum absolute atomic E-state index is 5.83. The lowest BCUT2D eigenvalue weighted by atomic mass is 10.1. The molecular formula is C9H13IN4. The van der Waals surface area contributed by atoms with E-state index < -0.39 is 0 Å². The number of anilines is 1. The molecule has 76 valence electrons. The van der Waals surface area contributed by atoms with Gasteiger partial charge in [0.25, 0.3) is 0 Å². The quantitative estimate of drug-likeness (QED) is 0.787. The number of rotatable bonds is 1. The zero-order chi connectivity index (χ0) is 9.97. The predicted molar refractivity (Wildman–Crippen MR) is 64.2 cm³/mol. The van der Waals surface area contributed by atoms with Gasteiger partial charge in [0.15, 0.2) is 0 Å². The third-order valence-corrected chi connectivity index (χ3v) is 2.99. The summed E-state index contributed by atoms with van der Waals surface area (Å²) in [5.41, 5.74) is 5.83. The van der Waals surface area contributed by atoms with Gasteiger partial charge in [0.2, 0.25) is 5.95 Å². The molecule has 1 aliphatic rings. The van der Waals surface area contributed by atoms with E-state index in [1.54, 1.807) is 0 Å². The summed E-state index contributed by atoms with van der Waals surface area (Å²) in [6.07, 6.45) is 5.76. The van der Waals surface area contributed by atoms with Crippen molar-refractivity contribution in [1.29, 1.82) is 0 Å². The van der Waals surface area contributed by atoms with Gasteiger partial charge >= 0.3 is 0 Å². The van der Waals surface area contributed by atoms with Gasteiger partial charge in [-0.1, -0.05) is 0 Å². The van der Waals surface area contributed by atoms with Gasteiger partial charge in [-0.3, -0.25) is 0 Å². The molecule has 2 rings (SSSR count). The highest BCUT2D eigenvalue weighted by Gasteiger charge is 2.17. The van der Waals surface area contributed by atoms with Gasteiger partial charge in [0, 0.05) is 35.1 Å². The minimum atomic E-state index is 0.357. The normalized spacial score (nSPS) is 18.6. The molecule has 2 N–H and O–H groups in total. The van der Waals surface area contributed by atoms with Crippen LogP contribution in [0.3, 0.4) is 0 Å². The third-order valence-electron chi connectivity index (χ3n) is 2.43. The van der Waals surface area contributed by atoms with Crippen LogP contribution in [0.5, 0.6) is 0 Å². The van der Waals surface area contributed by atoms with Gasteiger partial charge in [-0.2, -0.15) is 0 Å². The fourth-order valence-electron chi connectivity index (χ4n) is 1.57. The molecule has 1 fully saturated rings. The van der Waals surface area contributed by atoms with Gasteiger partial charge < -0.3 is 10.6 Å². The lowest BCUT2D eigenvalue weighted by molar-refractivity contribution is 0.495. The van der Waals surface area contributed by atoms with Gasteiger partial charge in [0.1, 0.15) is 0 Å². The molecule has 1 saturated heterocycles. The SMILES string of the molecule is NC1CCN(c2ncc(I)cn2)CC1. The Balaban J connectivity index is 2.05. The van der Waals surface area contributed by atoms with Crippen LogP contribution in [0, 0.1) is 3.57 Å². The van der Waals surface area contributed by atoms with Gasteiger partial charge in [0.05, 0.1) is 0 Å². The lowest BCUT2D eigenvalue weighted by Gasteiger charge is -2.29. The van der Waals surface area contributed by atoms with E-state index in [1.165, 1.54) is 0 Å². The molecule has 1 aromatic heterocycles. The Morgan fingerprint density at radius 2 is 1.86 bits per heavy atom. The Hall–Kier alpha value is -0.430. The molecule has 0 aliphatic carbocycles. The first-order chi connectivity index (χ1) is 6.75.